The van der Waals surface area contributed by atoms with Crippen molar-refractivity contribution < 1.29 is 4.39 Å². The lowest BCUT2D eigenvalue weighted by Gasteiger charge is -2.09. The highest BCUT2D eigenvalue weighted by Gasteiger charge is 2.13. The molecule has 0 saturated carbocycles. The Morgan fingerprint density at radius 2 is 1.95 bits per heavy atom. The molecule has 0 fully saturated rings. The van der Waals surface area contributed by atoms with Crippen LogP contribution in [-0.2, 0) is 13.1 Å². The minimum absolute atomic E-state index is 0.280. The smallest absolute Gasteiger partial charge is 0.141 e. The zero-order valence-corrected chi connectivity index (χ0v) is 12.5. The number of rotatable bonds is 4. The van der Waals surface area contributed by atoms with Crippen molar-refractivity contribution in [3.63, 3.8) is 0 Å². The van der Waals surface area contributed by atoms with Crippen molar-refractivity contribution in [1.29, 1.82) is 0 Å². The molecule has 0 spiro atoms. The second-order valence-corrected chi connectivity index (χ2v) is 5.51. The maximum Gasteiger partial charge on any atom is 0.141 e. The third kappa shape index (κ3) is 2.65. The normalized spacial score (nSPS) is 11.0. The summed E-state index contributed by atoms with van der Waals surface area (Å²) >= 11 is 0. The van der Waals surface area contributed by atoms with Crippen molar-refractivity contribution in [3.8, 4) is 11.4 Å². The molecule has 0 bridgehead atoms. The molecule has 2 N–H and O–H groups in total. The van der Waals surface area contributed by atoms with Crippen molar-refractivity contribution in [2.45, 2.75) is 20.0 Å². The van der Waals surface area contributed by atoms with Gasteiger partial charge in [0.05, 0.1) is 11.0 Å². The maximum atomic E-state index is 13.5. The minimum atomic E-state index is -0.280. The lowest BCUT2D eigenvalue weighted by molar-refractivity contribution is 0.629. The highest BCUT2D eigenvalue weighted by atomic mass is 19.1. The van der Waals surface area contributed by atoms with Crippen LogP contribution in [0, 0.1) is 5.82 Å². The fourth-order valence-corrected chi connectivity index (χ4v) is 2.54. The Hall–Kier alpha value is -2.46. The topological polar surface area (TPSA) is 43.8 Å². The van der Waals surface area contributed by atoms with Gasteiger partial charge in [-0.05, 0) is 24.6 Å². The summed E-state index contributed by atoms with van der Waals surface area (Å²) in [5, 5.41) is 0. The molecule has 0 aliphatic rings. The van der Waals surface area contributed by atoms with Gasteiger partial charge in [0.2, 0.25) is 0 Å². The fraction of sp³-hybridized carbons (Fsp3) is 0.167. The molecule has 0 unspecified atom stereocenters. The van der Waals surface area contributed by atoms with Crippen LogP contribution in [0.4, 0.5) is 4.39 Å². The van der Waals surface area contributed by atoms with Crippen LogP contribution in [0.5, 0.6) is 0 Å². The summed E-state index contributed by atoms with van der Waals surface area (Å²) in [5.74, 6) is 0.532. The molecule has 1 aromatic heterocycles. The van der Waals surface area contributed by atoms with Gasteiger partial charge in [0.25, 0.3) is 0 Å². The molecule has 0 atom stereocenters. The van der Waals surface area contributed by atoms with E-state index in [0.29, 0.717) is 18.6 Å². The average molecular weight is 295 g/mol. The predicted molar refractivity (Wildman–Crippen MR) is 87.8 cm³/mol. The Balaban J connectivity index is 2.19. The number of benzene rings is 2. The molecule has 0 aliphatic heterocycles. The van der Waals surface area contributed by atoms with Crippen molar-refractivity contribution >= 4 is 11.0 Å². The van der Waals surface area contributed by atoms with Gasteiger partial charge in [0.1, 0.15) is 11.6 Å². The second-order valence-electron chi connectivity index (χ2n) is 5.51. The first-order valence-electron chi connectivity index (χ1n) is 7.18. The number of hydrogen-bond donors (Lipinski definition) is 1. The molecule has 0 amide bonds. The van der Waals surface area contributed by atoms with Gasteiger partial charge in [-0.25, -0.2) is 9.37 Å². The zero-order valence-electron chi connectivity index (χ0n) is 12.5. The molecule has 112 valence electrons. The number of fused-ring (bicyclic) bond motifs is 1. The van der Waals surface area contributed by atoms with Gasteiger partial charge in [-0.3, -0.25) is 0 Å². The molecule has 3 aromatic rings. The maximum absolute atomic E-state index is 13.5. The van der Waals surface area contributed by atoms with Crippen molar-refractivity contribution in [2.24, 2.45) is 5.73 Å². The molecular formula is C18H18FN3. The Morgan fingerprint density at radius 3 is 2.59 bits per heavy atom. The first-order chi connectivity index (χ1) is 10.6. The third-order valence-electron chi connectivity index (χ3n) is 3.59. The highest BCUT2D eigenvalue weighted by molar-refractivity contribution is 5.80. The highest BCUT2D eigenvalue weighted by Crippen LogP contribution is 2.26. The first-order valence-corrected chi connectivity index (χ1v) is 7.18. The third-order valence-corrected chi connectivity index (χ3v) is 3.59. The van der Waals surface area contributed by atoms with Gasteiger partial charge >= 0.3 is 0 Å². The summed E-state index contributed by atoms with van der Waals surface area (Å²) in [4.78, 5) is 4.60. The van der Waals surface area contributed by atoms with Gasteiger partial charge in [-0.15, -0.1) is 0 Å². The van der Waals surface area contributed by atoms with Crippen LogP contribution in [0.15, 0.2) is 54.6 Å². The van der Waals surface area contributed by atoms with Crippen LogP contribution < -0.4 is 5.73 Å². The molecule has 3 rings (SSSR count). The molecule has 0 radical (unpaired) electrons. The number of aromatic nitrogens is 2. The van der Waals surface area contributed by atoms with Crippen molar-refractivity contribution in [2.75, 3.05) is 0 Å². The van der Waals surface area contributed by atoms with E-state index in [0.717, 1.165) is 28.0 Å². The van der Waals surface area contributed by atoms with Crippen LogP contribution in [0.25, 0.3) is 22.4 Å². The number of imidazole rings is 1. The quantitative estimate of drug-likeness (QED) is 0.742. The van der Waals surface area contributed by atoms with E-state index in [1.165, 1.54) is 12.1 Å². The van der Waals surface area contributed by atoms with Gasteiger partial charge < -0.3 is 10.3 Å². The fourth-order valence-electron chi connectivity index (χ4n) is 2.54. The summed E-state index contributed by atoms with van der Waals surface area (Å²) in [6.45, 7) is 7.10. The van der Waals surface area contributed by atoms with E-state index in [1.54, 1.807) is 6.07 Å². The molecule has 0 aliphatic carbocycles. The largest absolute Gasteiger partial charge is 0.326 e. The van der Waals surface area contributed by atoms with E-state index in [2.05, 4.69) is 16.1 Å². The molecule has 1 heterocycles. The lowest BCUT2D eigenvalue weighted by atomic mass is 10.1. The Bertz CT molecular complexity index is 831. The average Bonchev–Trinajstić information content (AvgIpc) is 2.84. The Morgan fingerprint density at radius 1 is 1.23 bits per heavy atom. The summed E-state index contributed by atoms with van der Waals surface area (Å²) in [7, 11) is 0. The standard InChI is InChI=1S/C18H18FN3/c1-12(2)11-22-17-8-7-15(19)9-16(17)21-18(22)14-5-3-13(10-20)4-6-14/h3-9H,1,10-11,20H2,2H3. The van der Waals surface area contributed by atoms with Gasteiger partial charge in [-0.2, -0.15) is 0 Å². The first kappa shape index (κ1) is 14.5. The number of hydrogen-bond acceptors (Lipinski definition) is 2. The molecule has 2 aromatic carbocycles. The summed E-state index contributed by atoms with van der Waals surface area (Å²) in [6, 6.07) is 12.6. The van der Waals surface area contributed by atoms with E-state index < -0.39 is 0 Å². The van der Waals surface area contributed by atoms with E-state index in [1.807, 2.05) is 31.2 Å². The molecular weight excluding hydrogens is 277 g/mol. The van der Waals surface area contributed by atoms with Crippen LogP contribution in [0.2, 0.25) is 0 Å². The van der Waals surface area contributed by atoms with E-state index in [-0.39, 0.29) is 5.82 Å². The van der Waals surface area contributed by atoms with Crippen LogP contribution in [-0.4, -0.2) is 9.55 Å². The minimum Gasteiger partial charge on any atom is -0.326 e. The van der Waals surface area contributed by atoms with E-state index >= 15 is 0 Å². The SMILES string of the molecule is C=C(C)Cn1c(-c2ccc(CN)cc2)nc2cc(F)ccc21. The molecule has 22 heavy (non-hydrogen) atoms. The van der Waals surface area contributed by atoms with Crippen molar-refractivity contribution in [1.82, 2.24) is 9.55 Å². The number of allylic oxidation sites excluding steroid dienone is 1. The van der Waals surface area contributed by atoms with Gasteiger partial charge in [-0.1, -0.05) is 36.4 Å². The van der Waals surface area contributed by atoms with Crippen molar-refractivity contribution in [3.05, 3.63) is 66.0 Å². The molecule has 0 saturated heterocycles. The number of nitrogens with zero attached hydrogens (tertiary/aromatic N) is 2. The van der Waals surface area contributed by atoms with E-state index in [9.17, 15) is 4.39 Å². The Kier molecular flexibility index (Phi) is 3.77. The zero-order chi connectivity index (χ0) is 15.7. The van der Waals surface area contributed by atoms with Crippen LogP contribution in [0.3, 0.4) is 0 Å². The second kappa shape index (κ2) is 5.73. The van der Waals surface area contributed by atoms with E-state index in [4.69, 9.17) is 5.73 Å². The monoisotopic (exact) mass is 295 g/mol. The number of halogens is 1. The summed E-state index contributed by atoms with van der Waals surface area (Å²) in [5.41, 5.74) is 10.3. The summed E-state index contributed by atoms with van der Waals surface area (Å²) < 4.78 is 15.5. The Labute approximate surface area is 128 Å². The molecule has 4 heteroatoms. The predicted octanol–water partition coefficient (Wildman–Crippen LogP) is 3.88. The lowest BCUT2D eigenvalue weighted by Crippen LogP contribution is -2.02. The molecule has 3 nitrogen and oxygen atoms in total. The van der Waals surface area contributed by atoms with Crippen LogP contribution in [0.1, 0.15) is 12.5 Å². The summed E-state index contributed by atoms with van der Waals surface area (Å²) in [6.07, 6.45) is 0. The number of nitrogens with two attached hydrogens (primary N) is 1. The van der Waals surface area contributed by atoms with Gasteiger partial charge in [0.15, 0.2) is 0 Å². The van der Waals surface area contributed by atoms with Gasteiger partial charge in [0, 0.05) is 24.7 Å². The van der Waals surface area contributed by atoms with Crippen LogP contribution >= 0.6 is 0 Å².